The Balaban J connectivity index is 2.00. The molecule has 0 fully saturated rings. The quantitative estimate of drug-likeness (QED) is 0.806. The molecule has 19 heavy (non-hydrogen) atoms. The van der Waals surface area contributed by atoms with Crippen molar-refractivity contribution < 1.29 is 8.42 Å². The molecule has 4 nitrogen and oxygen atoms in total. The number of thiophene rings is 1. The van der Waals surface area contributed by atoms with Gasteiger partial charge in [-0.25, -0.2) is 13.4 Å². The summed E-state index contributed by atoms with van der Waals surface area (Å²) in [5, 5.41) is 2.13. The number of nitrogens with one attached hydrogen (secondary N) is 1. The first kappa shape index (κ1) is 12.6. The molecule has 0 bridgehead atoms. The second-order valence-electron chi connectivity index (χ2n) is 3.98. The van der Waals surface area contributed by atoms with Crippen molar-refractivity contribution in [3.8, 4) is 0 Å². The number of rotatable bonds is 3. The van der Waals surface area contributed by atoms with Crippen LogP contribution in [0.5, 0.6) is 0 Å². The van der Waals surface area contributed by atoms with E-state index in [2.05, 4.69) is 9.71 Å². The van der Waals surface area contributed by atoms with Gasteiger partial charge < -0.3 is 0 Å². The average molecular weight is 310 g/mol. The predicted octanol–water partition coefficient (Wildman–Crippen LogP) is 3.47. The van der Waals surface area contributed by atoms with Gasteiger partial charge in [-0.05, 0) is 30.0 Å². The molecule has 0 atom stereocenters. The molecule has 0 saturated heterocycles. The zero-order valence-corrected chi connectivity index (χ0v) is 12.4. The van der Waals surface area contributed by atoms with E-state index in [1.165, 1.54) is 22.7 Å². The van der Waals surface area contributed by atoms with Gasteiger partial charge >= 0.3 is 0 Å². The second kappa shape index (κ2) is 4.59. The third kappa shape index (κ3) is 2.36. The molecule has 0 amide bonds. The van der Waals surface area contributed by atoms with Crippen LogP contribution in [0.4, 0.5) is 5.13 Å². The van der Waals surface area contributed by atoms with E-state index < -0.39 is 10.0 Å². The minimum atomic E-state index is -3.51. The minimum Gasteiger partial charge on any atom is -0.254 e. The van der Waals surface area contributed by atoms with E-state index in [0.29, 0.717) is 9.34 Å². The highest BCUT2D eigenvalue weighted by Crippen LogP contribution is 2.30. The van der Waals surface area contributed by atoms with Crippen molar-refractivity contribution in [2.24, 2.45) is 0 Å². The van der Waals surface area contributed by atoms with E-state index in [9.17, 15) is 8.42 Å². The van der Waals surface area contributed by atoms with Gasteiger partial charge in [0.15, 0.2) is 5.13 Å². The molecule has 1 aromatic carbocycles. The summed E-state index contributed by atoms with van der Waals surface area (Å²) in [5.74, 6) is 0. The molecule has 3 aromatic rings. The molecule has 0 radical (unpaired) electrons. The molecule has 1 N–H and O–H groups in total. The molecule has 0 unspecified atom stereocenters. The fourth-order valence-electron chi connectivity index (χ4n) is 1.71. The molecule has 7 heteroatoms. The largest absolute Gasteiger partial charge is 0.273 e. The van der Waals surface area contributed by atoms with Gasteiger partial charge in [-0.15, -0.1) is 11.3 Å². The van der Waals surface area contributed by atoms with Crippen molar-refractivity contribution in [1.82, 2.24) is 4.98 Å². The van der Waals surface area contributed by atoms with Gasteiger partial charge in [-0.2, -0.15) is 0 Å². The molecule has 0 spiro atoms. The van der Waals surface area contributed by atoms with E-state index in [1.54, 1.807) is 17.5 Å². The third-order valence-corrected chi connectivity index (χ3v) is 6.40. The summed E-state index contributed by atoms with van der Waals surface area (Å²) in [4.78, 5) is 4.34. The van der Waals surface area contributed by atoms with E-state index in [4.69, 9.17) is 0 Å². The minimum absolute atomic E-state index is 0.295. The number of fused-ring (bicyclic) bond motifs is 1. The number of nitrogens with zero attached hydrogens (tertiary/aromatic N) is 1. The highest BCUT2D eigenvalue weighted by molar-refractivity contribution is 7.94. The van der Waals surface area contributed by atoms with E-state index >= 15 is 0 Å². The smallest absolute Gasteiger partial charge is 0.254 e. The number of para-hydroxylation sites is 1. The molecule has 0 aliphatic carbocycles. The van der Waals surface area contributed by atoms with E-state index in [-0.39, 0.29) is 0 Å². The summed E-state index contributed by atoms with van der Waals surface area (Å²) in [6.07, 6.45) is 0. The second-order valence-corrected chi connectivity index (χ2v) is 7.87. The van der Waals surface area contributed by atoms with Gasteiger partial charge in [0.05, 0.1) is 10.2 Å². The molecule has 98 valence electrons. The Hall–Kier alpha value is -1.44. The first-order chi connectivity index (χ1) is 9.06. The lowest BCUT2D eigenvalue weighted by Gasteiger charge is -2.01. The molecule has 0 aliphatic rings. The van der Waals surface area contributed by atoms with Gasteiger partial charge in [-0.1, -0.05) is 29.5 Å². The van der Waals surface area contributed by atoms with Crippen LogP contribution >= 0.6 is 22.7 Å². The molecular formula is C12H10N2O2S3. The normalized spacial score (nSPS) is 11.8. The first-order valence-corrected chi connectivity index (χ1v) is 8.67. The fraction of sp³-hybridized carbons (Fsp3) is 0.0833. The Bertz CT molecular complexity index is 820. The number of aromatic nitrogens is 1. The van der Waals surface area contributed by atoms with Crippen LogP contribution < -0.4 is 4.72 Å². The highest BCUT2D eigenvalue weighted by atomic mass is 32.2. The van der Waals surface area contributed by atoms with Gasteiger partial charge in [0.1, 0.15) is 4.21 Å². The summed E-state index contributed by atoms with van der Waals surface area (Å²) < 4.78 is 28.0. The van der Waals surface area contributed by atoms with Crippen molar-refractivity contribution in [3.63, 3.8) is 0 Å². The maximum atomic E-state index is 12.1. The van der Waals surface area contributed by atoms with Gasteiger partial charge in [-0.3, -0.25) is 4.72 Å². The van der Waals surface area contributed by atoms with Crippen molar-refractivity contribution >= 4 is 48.0 Å². The Morgan fingerprint density at radius 1 is 1.21 bits per heavy atom. The summed E-state index contributed by atoms with van der Waals surface area (Å²) in [5.41, 5.74) is 1.88. The van der Waals surface area contributed by atoms with E-state index in [0.717, 1.165) is 15.8 Å². The summed E-state index contributed by atoms with van der Waals surface area (Å²) >= 11 is 2.52. The number of hydrogen-bond acceptors (Lipinski definition) is 5. The van der Waals surface area contributed by atoms with Crippen molar-refractivity contribution in [1.29, 1.82) is 0 Å². The number of benzene rings is 1. The van der Waals surface area contributed by atoms with Crippen molar-refractivity contribution in [3.05, 3.63) is 41.3 Å². The number of hydrogen-bond donors (Lipinski definition) is 1. The van der Waals surface area contributed by atoms with Crippen LogP contribution in [0.2, 0.25) is 0 Å². The Labute approximate surface area is 118 Å². The maximum Gasteiger partial charge on any atom is 0.273 e. The SMILES string of the molecule is Cc1cccc2sc(NS(=O)(=O)c3cccs3)nc12. The monoisotopic (exact) mass is 310 g/mol. The number of aryl methyl sites for hydroxylation is 1. The lowest BCUT2D eigenvalue weighted by Crippen LogP contribution is -2.10. The summed E-state index contributed by atoms with van der Waals surface area (Å²) in [6.45, 7) is 1.96. The van der Waals surface area contributed by atoms with Crippen molar-refractivity contribution in [2.75, 3.05) is 4.72 Å². The zero-order chi connectivity index (χ0) is 13.5. The predicted molar refractivity (Wildman–Crippen MR) is 79.5 cm³/mol. The highest BCUT2D eigenvalue weighted by Gasteiger charge is 2.17. The molecule has 2 heterocycles. The number of anilines is 1. The summed E-state index contributed by atoms with van der Waals surface area (Å²) in [7, 11) is -3.51. The van der Waals surface area contributed by atoms with Crippen LogP contribution in [0, 0.1) is 6.92 Å². The standard InChI is InChI=1S/C12H10N2O2S3/c1-8-4-2-5-9-11(8)13-12(18-9)14-19(15,16)10-6-3-7-17-10/h2-7H,1H3,(H,13,14). The summed E-state index contributed by atoms with van der Waals surface area (Å²) in [6, 6.07) is 9.11. The van der Waals surface area contributed by atoms with Gasteiger partial charge in [0.25, 0.3) is 10.0 Å². The molecule has 3 rings (SSSR count). The van der Waals surface area contributed by atoms with Crippen LogP contribution in [-0.4, -0.2) is 13.4 Å². The lowest BCUT2D eigenvalue weighted by atomic mass is 10.2. The fourth-order valence-corrected chi connectivity index (χ4v) is 4.88. The van der Waals surface area contributed by atoms with Crippen LogP contribution in [0.15, 0.2) is 39.9 Å². The molecule has 0 aliphatic heterocycles. The van der Waals surface area contributed by atoms with Crippen LogP contribution in [0.3, 0.4) is 0 Å². The lowest BCUT2D eigenvalue weighted by molar-refractivity contribution is 0.603. The Morgan fingerprint density at radius 3 is 2.74 bits per heavy atom. The van der Waals surface area contributed by atoms with Crippen LogP contribution in [0.1, 0.15) is 5.56 Å². The topological polar surface area (TPSA) is 59.1 Å². The third-order valence-electron chi connectivity index (χ3n) is 2.60. The van der Waals surface area contributed by atoms with Crippen LogP contribution in [-0.2, 0) is 10.0 Å². The Kier molecular flexibility index (Phi) is 3.04. The number of thiazole rings is 1. The number of sulfonamides is 1. The molecular weight excluding hydrogens is 300 g/mol. The maximum absolute atomic E-state index is 12.1. The molecule has 2 aromatic heterocycles. The molecule has 0 saturated carbocycles. The van der Waals surface area contributed by atoms with Gasteiger partial charge in [0.2, 0.25) is 0 Å². The van der Waals surface area contributed by atoms with E-state index in [1.807, 2.05) is 25.1 Å². The zero-order valence-electron chi connectivity index (χ0n) is 9.95. The Morgan fingerprint density at radius 2 is 2.05 bits per heavy atom. The van der Waals surface area contributed by atoms with Crippen molar-refractivity contribution in [2.45, 2.75) is 11.1 Å². The van der Waals surface area contributed by atoms with Crippen LogP contribution in [0.25, 0.3) is 10.2 Å². The average Bonchev–Trinajstić information content (AvgIpc) is 2.96. The van der Waals surface area contributed by atoms with Gasteiger partial charge in [0, 0.05) is 0 Å². The first-order valence-electron chi connectivity index (χ1n) is 5.49.